The lowest BCUT2D eigenvalue weighted by atomic mass is 10.2. The predicted octanol–water partition coefficient (Wildman–Crippen LogP) is 3.08. The SMILES string of the molecule is CS(=O)(=O)c1ccc(-n2ccnc2-c2cccc(F)c2)cc1. The van der Waals surface area contributed by atoms with E-state index in [0.717, 1.165) is 11.9 Å². The Morgan fingerprint density at radius 3 is 2.45 bits per heavy atom. The Hall–Kier alpha value is -2.47. The number of imidazole rings is 1. The number of aromatic nitrogens is 2. The topological polar surface area (TPSA) is 52.0 Å². The summed E-state index contributed by atoms with van der Waals surface area (Å²) in [6.07, 6.45) is 4.53. The summed E-state index contributed by atoms with van der Waals surface area (Å²) in [5, 5.41) is 0. The molecule has 0 aliphatic heterocycles. The van der Waals surface area contributed by atoms with Crippen LogP contribution < -0.4 is 0 Å². The van der Waals surface area contributed by atoms with Gasteiger partial charge in [0, 0.05) is 29.9 Å². The van der Waals surface area contributed by atoms with Crippen LogP contribution >= 0.6 is 0 Å². The first kappa shape index (κ1) is 14.5. The molecule has 0 unspecified atom stereocenters. The van der Waals surface area contributed by atoms with Crippen molar-refractivity contribution in [1.29, 1.82) is 0 Å². The summed E-state index contributed by atoms with van der Waals surface area (Å²) in [6, 6.07) is 12.6. The Kier molecular flexibility index (Phi) is 3.54. The minimum absolute atomic E-state index is 0.253. The zero-order chi connectivity index (χ0) is 15.7. The molecule has 6 heteroatoms. The van der Waals surface area contributed by atoms with Crippen LogP contribution in [0.5, 0.6) is 0 Å². The Bertz CT molecular complexity index is 915. The van der Waals surface area contributed by atoms with Crippen LogP contribution in [0.15, 0.2) is 65.8 Å². The average molecular weight is 316 g/mol. The van der Waals surface area contributed by atoms with E-state index in [1.807, 2.05) is 0 Å². The molecule has 0 amide bonds. The molecule has 0 atom stereocenters. The molecule has 1 heterocycles. The summed E-state index contributed by atoms with van der Waals surface area (Å²) in [5.74, 6) is 0.256. The van der Waals surface area contributed by atoms with E-state index in [0.29, 0.717) is 11.4 Å². The van der Waals surface area contributed by atoms with Gasteiger partial charge < -0.3 is 0 Å². The first-order chi connectivity index (χ1) is 10.4. The van der Waals surface area contributed by atoms with Gasteiger partial charge in [-0.05, 0) is 36.4 Å². The second-order valence-corrected chi connectivity index (χ2v) is 6.91. The third kappa shape index (κ3) is 2.78. The van der Waals surface area contributed by atoms with Gasteiger partial charge in [0.25, 0.3) is 0 Å². The van der Waals surface area contributed by atoms with E-state index in [9.17, 15) is 12.8 Å². The molecule has 0 bridgehead atoms. The molecule has 3 aromatic rings. The second-order valence-electron chi connectivity index (χ2n) is 4.90. The van der Waals surface area contributed by atoms with Crippen molar-refractivity contribution >= 4 is 9.84 Å². The monoisotopic (exact) mass is 316 g/mol. The van der Waals surface area contributed by atoms with Gasteiger partial charge in [-0.3, -0.25) is 4.57 Å². The van der Waals surface area contributed by atoms with Crippen LogP contribution in [0.1, 0.15) is 0 Å². The number of sulfone groups is 1. The second kappa shape index (κ2) is 5.38. The summed E-state index contributed by atoms with van der Waals surface area (Å²) >= 11 is 0. The van der Waals surface area contributed by atoms with E-state index in [1.54, 1.807) is 53.4 Å². The van der Waals surface area contributed by atoms with Crippen LogP contribution in [0.3, 0.4) is 0 Å². The maximum Gasteiger partial charge on any atom is 0.175 e. The molecule has 112 valence electrons. The fourth-order valence-electron chi connectivity index (χ4n) is 2.21. The molecule has 3 rings (SSSR count). The highest BCUT2D eigenvalue weighted by Gasteiger charge is 2.10. The minimum atomic E-state index is -3.23. The van der Waals surface area contributed by atoms with Gasteiger partial charge in [0.1, 0.15) is 11.6 Å². The summed E-state index contributed by atoms with van der Waals surface area (Å²) in [5.41, 5.74) is 1.40. The fourth-order valence-corrected chi connectivity index (χ4v) is 2.84. The number of hydrogen-bond donors (Lipinski definition) is 0. The van der Waals surface area contributed by atoms with Gasteiger partial charge in [-0.2, -0.15) is 0 Å². The van der Waals surface area contributed by atoms with E-state index in [1.165, 1.54) is 12.1 Å². The van der Waals surface area contributed by atoms with Crippen LogP contribution in [0, 0.1) is 5.82 Å². The predicted molar refractivity (Wildman–Crippen MR) is 82.1 cm³/mol. The van der Waals surface area contributed by atoms with Crippen molar-refractivity contribution in [3.63, 3.8) is 0 Å². The van der Waals surface area contributed by atoms with E-state index < -0.39 is 9.84 Å². The smallest absolute Gasteiger partial charge is 0.175 e. The summed E-state index contributed by atoms with van der Waals surface area (Å²) in [7, 11) is -3.23. The quantitative estimate of drug-likeness (QED) is 0.746. The van der Waals surface area contributed by atoms with Gasteiger partial charge in [-0.1, -0.05) is 12.1 Å². The average Bonchev–Trinajstić information content (AvgIpc) is 2.96. The minimum Gasteiger partial charge on any atom is -0.300 e. The molecule has 0 aliphatic carbocycles. The van der Waals surface area contributed by atoms with Crippen molar-refractivity contribution in [2.45, 2.75) is 4.90 Å². The highest BCUT2D eigenvalue weighted by molar-refractivity contribution is 7.90. The van der Waals surface area contributed by atoms with Crippen molar-refractivity contribution in [3.05, 3.63) is 66.7 Å². The van der Waals surface area contributed by atoms with Gasteiger partial charge in [0.15, 0.2) is 9.84 Å². The standard InChI is InChI=1S/C16H13FN2O2S/c1-22(20,21)15-7-5-14(6-8-15)19-10-9-18-16(19)12-3-2-4-13(17)11-12/h2-11H,1H3. The summed E-state index contributed by atoms with van der Waals surface area (Å²) in [6.45, 7) is 0. The Morgan fingerprint density at radius 2 is 1.82 bits per heavy atom. The fraction of sp³-hybridized carbons (Fsp3) is 0.0625. The lowest BCUT2D eigenvalue weighted by Crippen LogP contribution is -1.99. The highest BCUT2D eigenvalue weighted by Crippen LogP contribution is 2.23. The van der Waals surface area contributed by atoms with Crippen molar-refractivity contribution < 1.29 is 12.8 Å². The van der Waals surface area contributed by atoms with E-state index in [4.69, 9.17) is 0 Å². The van der Waals surface area contributed by atoms with E-state index in [-0.39, 0.29) is 10.7 Å². The molecule has 0 aliphatic rings. The number of rotatable bonds is 3. The third-order valence-electron chi connectivity index (χ3n) is 3.27. The van der Waals surface area contributed by atoms with Crippen LogP contribution in [0.2, 0.25) is 0 Å². The number of nitrogens with zero attached hydrogens (tertiary/aromatic N) is 2. The lowest BCUT2D eigenvalue weighted by Gasteiger charge is -2.09. The third-order valence-corrected chi connectivity index (χ3v) is 4.40. The molecule has 1 aromatic heterocycles. The molecule has 0 saturated carbocycles. The van der Waals surface area contributed by atoms with Crippen LogP contribution in [-0.4, -0.2) is 24.2 Å². The zero-order valence-electron chi connectivity index (χ0n) is 11.8. The lowest BCUT2D eigenvalue weighted by molar-refractivity contribution is 0.602. The van der Waals surface area contributed by atoms with Crippen molar-refractivity contribution in [1.82, 2.24) is 9.55 Å². The number of halogens is 1. The molecule has 4 nitrogen and oxygen atoms in total. The van der Waals surface area contributed by atoms with Crippen molar-refractivity contribution in [2.24, 2.45) is 0 Å². The normalized spacial score (nSPS) is 11.5. The molecule has 0 spiro atoms. The van der Waals surface area contributed by atoms with E-state index in [2.05, 4.69) is 4.98 Å². The Morgan fingerprint density at radius 1 is 1.09 bits per heavy atom. The van der Waals surface area contributed by atoms with Crippen LogP contribution in [-0.2, 0) is 9.84 Å². The van der Waals surface area contributed by atoms with Gasteiger partial charge in [-0.25, -0.2) is 17.8 Å². The molecule has 0 fully saturated rings. The molecular weight excluding hydrogens is 303 g/mol. The molecular formula is C16H13FN2O2S. The molecule has 0 radical (unpaired) electrons. The van der Waals surface area contributed by atoms with Crippen LogP contribution in [0.4, 0.5) is 4.39 Å². The van der Waals surface area contributed by atoms with Crippen molar-refractivity contribution in [2.75, 3.05) is 6.26 Å². The zero-order valence-corrected chi connectivity index (χ0v) is 12.6. The first-order valence-corrected chi connectivity index (χ1v) is 8.44. The van der Waals surface area contributed by atoms with Crippen LogP contribution in [0.25, 0.3) is 17.1 Å². The number of benzene rings is 2. The first-order valence-electron chi connectivity index (χ1n) is 6.55. The van der Waals surface area contributed by atoms with Gasteiger partial charge in [0.05, 0.1) is 4.90 Å². The van der Waals surface area contributed by atoms with Crippen molar-refractivity contribution in [3.8, 4) is 17.1 Å². The van der Waals surface area contributed by atoms with Gasteiger partial charge in [0.2, 0.25) is 0 Å². The molecule has 0 saturated heterocycles. The maximum absolute atomic E-state index is 13.4. The maximum atomic E-state index is 13.4. The molecule has 22 heavy (non-hydrogen) atoms. The number of hydrogen-bond acceptors (Lipinski definition) is 3. The Balaban J connectivity index is 2.06. The summed E-state index contributed by atoms with van der Waals surface area (Å²) < 4.78 is 38.1. The van der Waals surface area contributed by atoms with Gasteiger partial charge >= 0.3 is 0 Å². The van der Waals surface area contributed by atoms with E-state index >= 15 is 0 Å². The van der Waals surface area contributed by atoms with Gasteiger partial charge in [-0.15, -0.1) is 0 Å². The molecule has 0 N–H and O–H groups in total. The largest absolute Gasteiger partial charge is 0.300 e. The highest BCUT2D eigenvalue weighted by atomic mass is 32.2. The molecule has 2 aromatic carbocycles. The Labute approximate surface area is 127 Å². The summed E-state index contributed by atoms with van der Waals surface area (Å²) in [4.78, 5) is 4.51.